The Balaban J connectivity index is 1.73. The summed E-state index contributed by atoms with van der Waals surface area (Å²) < 4.78 is 43.0. The molecule has 5 heteroatoms. The number of halogens is 3. The van der Waals surface area contributed by atoms with Crippen LogP contribution >= 0.6 is 0 Å². The van der Waals surface area contributed by atoms with Crippen molar-refractivity contribution in [3.8, 4) is 0 Å². The highest BCUT2D eigenvalue weighted by atomic mass is 19.4. The maximum Gasteiger partial charge on any atom is 0.391 e. The lowest BCUT2D eigenvalue weighted by atomic mass is 9.81. The van der Waals surface area contributed by atoms with Crippen LogP contribution < -0.4 is 5.32 Å². The Hall–Kier alpha value is -0.970. The molecule has 0 aromatic carbocycles. The first-order chi connectivity index (χ1) is 8.55. The summed E-state index contributed by atoms with van der Waals surface area (Å²) in [6.07, 6.45) is -0.321. The molecule has 18 heavy (non-hydrogen) atoms. The van der Waals surface area contributed by atoms with Crippen LogP contribution in [-0.4, -0.2) is 12.7 Å². The van der Waals surface area contributed by atoms with E-state index in [0.29, 0.717) is 19.5 Å². The topological polar surface area (TPSA) is 25.2 Å². The zero-order chi connectivity index (χ0) is 13.0. The van der Waals surface area contributed by atoms with Crippen LogP contribution in [0, 0.1) is 11.8 Å². The second kappa shape index (κ2) is 5.78. The van der Waals surface area contributed by atoms with E-state index in [0.717, 1.165) is 12.2 Å². The second-order valence-electron chi connectivity index (χ2n) is 4.98. The van der Waals surface area contributed by atoms with Gasteiger partial charge in [-0.2, -0.15) is 13.2 Å². The number of furan rings is 1. The Morgan fingerprint density at radius 3 is 2.83 bits per heavy atom. The van der Waals surface area contributed by atoms with Crippen molar-refractivity contribution in [2.24, 2.45) is 11.8 Å². The van der Waals surface area contributed by atoms with Gasteiger partial charge >= 0.3 is 6.18 Å². The largest absolute Gasteiger partial charge is 0.468 e. The fourth-order valence-corrected chi connectivity index (χ4v) is 2.59. The van der Waals surface area contributed by atoms with Gasteiger partial charge in [0, 0.05) is 0 Å². The Morgan fingerprint density at radius 2 is 2.17 bits per heavy atom. The first-order valence-electron chi connectivity index (χ1n) is 6.35. The lowest BCUT2D eigenvalue weighted by Gasteiger charge is -2.30. The molecule has 1 aromatic rings. The Kier molecular flexibility index (Phi) is 4.32. The first kappa shape index (κ1) is 13.5. The van der Waals surface area contributed by atoms with E-state index in [1.54, 1.807) is 12.3 Å². The monoisotopic (exact) mass is 261 g/mol. The normalized spacial score (nSPS) is 25.3. The second-order valence-corrected chi connectivity index (χ2v) is 4.98. The number of nitrogens with one attached hydrogen (secondary N) is 1. The summed E-state index contributed by atoms with van der Waals surface area (Å²) in [5.74, 6) is -0.166. The molecule has 1 aromatic heterocycles. The third-order valence-electron chi connectivity index (χ3n) is 3.56. The van der Waals surface area contributed by atoms with Gasteiger partial charge < -0.3 is 9.73 Å². The molecule has 0 amide bonds. The van der Waals surface area contributed by atoms with Gasteiger partial charge in [0.15, 0.2) is 0 Å². The molecule has 0 spiro atoms. The van der Waals surface area contributed by atoms with Gasteiger partial charge in [0.05, 0.1) is 18.7 Å². The van der Waals surface area contributed by atoms with Crippen molar-refractivity contribution < 1.29 is 17.6 Å². The van der Waals surface area contributed by atoms with Gasteiger partial charge in [-0.25, -0.2) is 0 Å². The minimum atomic E-state index is -4.03. The number of hydrogen-bond acceptors (Lipinski definition) is 2. The SMILES string of the molecule is FC(F)(F)C1CCCC(CNCc2ccco2)C1. The quantitative estimate of drug-likeness (QED) is 0.893. The highest BCUT2D eigenvalue weighted by Gasteiger charge is 2.41. The van der Waals surface area contributed by atoms with E-state index in [9.17, 15) is 13.2 Å². The van der Waals surface area contributed by atoms with Crippen molar-refractivity contribution in [3.05, 3.63) is 24.2 Å². The van der Waals surface area contributed by atoms with Crippen LogP contribution in [0.15, 0.2) is 22.8 Å². The Bertz CT molecular complexity index is 348. The van der Waals surface area contributed by atoms with Crippen molar-refractivity contribution >= 4 is 0 Å². The van der Waals surface area contributed by atoms with E-state index >= 15 is 0 Å². The van der Waals surface area contributed by atoms with Gasteiger partial charge in [-0.1, -0.05) is 6.42 Å². The van der Waals surface area contributed by atoms with Gasteiger partial charge in [0.2, 0.25) is 0 Å². The number of rotatable bonds is 4. The molecule has 2 unspecified atom stereocenters. The predicted octanol–water partition coefficient (Wildman–Crippen LogP) is 3.74. The zero-order valence-electron chi connectivity index (χ0n) is 10.2. The molecule has 0 saturated heterocycles. The molecule has 1 aliphatic rings. The van der Waals surface area contributed by atoms with Crippen molar-refractivity contribution in [2.45, 2.75) is 38.4 Å². The molecular weight excluding hydrogens is 243 g/mol. The molecule has 0 aliphatic heterocycles. The summed E-state index contributed by atoms with van der Waals surface area (Å²) in [4.78, 5) is 0. The van der Waals surface area contributed by atoms with E-state index in [1.165, 1.54) is 0 Å². The smallest absolute Gasteiger partial charge is 0.391 e. The van der Waals surface area contributed by atoms with Crippen LogP contribution in [0.4, 0.5) is 13.2 Å². The number of hydrogen-bond donors (Lipinski definition) is 1. The van der Waals surface area contributed by atoms with Gasteiger partial charge in [-0.05, 0) is 43.9 Å². The molecule has 1 N–H and O–H groups in total. The zero-order valence-corrected chi connectivity index (χ0v) is 10.2. The summed E-state index contributed by atoms with van der Waals surface area (Å²) in [5, 5.41) is 3.17. The van der Waals surface area contributed by atoms with E-state index in [-0.39, 0.29) is 18.8 Å². The van der Waals surface area contributed by atoms with Gasteiger partial charge in [-0.3, -0.25) is 0 Å². The highest BCUT2D eigenvalue weighted by molar-refractivity contribution is 4.97. The average molecular weight is 261 g/mol. The van der Waals surface area contributed by atoms with E-state index in [2.05, 4.69) is 5.32 Å². The molecule has 0 bridgehead atoms. The Morgan fingerprint density at radius 1 is 1.33 bits per heavy atom. The van der Waals surface area contributed by atoms with Crippen molar-refractivity contribution in [3.63, 3.8) is 0 Å². The molecule has 102 valence electrons. The summed E-state index contributed by atoms with van der Waals surface area (Å²) >= 11 is 0. The summed E-state index contributed by atoms with van der Waals surface area (Å²) in [7, 11) is 0. The lowest BCUT2D eigenvalue weighted by Crippen LogP contribution is -2.33. The van der Waals surface area contributed by atoms with E-state index in [1.807, 2.05) is 6.07 Å². The fraction of sp³-hybridized carbons (Fsp3) is 0.692. The third-order valence-corrected chi connectivity index (χ3v) is 3.56. The van der Waals surface area contributed by atoms with Crippen LogP contribution in [0.25, 0.3) is 0 Å². The molecular formula is C13H18F3NO. The van der Waals surface area contributed by atoms with Crippen LogP contribution in [0.5, 0.6) is 0 Å². The summed E-state index contributed by atoms with van der Waals surface area (Å²) in [6.45, 7) is 1.22. The van der Waals surface area contributed by atoms with Crippen molar-refractivity contribution in [2.75, 3.05) is 6.54 Å². The molecule has 2 atom stereocenters. The predicted molar refractivity (Wildman–Crippen MR) is 61.9 cm³/mol. The minimum Gasteiger partial charge on any atom is -0.468 e. The molecule has 2 nitrogen and oxygen atoms in total. The first-order valence-corrected chi connectivity index (χ1v) is 6.35. The van der Waals surface area contributed by atoms with Crippen LogP contribution in [-0.2, 0) is 6.54 Å². The molecule has 1 heterocycles. The van der Waals surface area contributed by atoms with Crippen molar-refractivity contribution in [1.82, 2.24) is 5.32 Å². The number of alkyl halides is 3. The maximum absolute atomic E-state index is 12.6. The average Bonchev–Trinajstić information content (AvgIpc) is 2.81. The van der Waals surface area contributed by atoms with E-state index in [4.69, 9.17) is 4.42 Å². The summed E-state index contributed by atoms with van der Waals surface area (Å²) in [5.41, 5.74) is 0. The van der Waals surface area contributed by atoms with Gasteiger partial charge in [0.1, 0.15) is 5.76 Å². The molecule has 1 saturated carbocycles. The highest BCUT2D eigenvalue weighted by Crippen LogP contribution is 2.39. The lowest BCUT2D eigenvalue weighted by molar-refractivity contribution is -0.185. The van der Waals surface area contributed by atoms with Crippen molar-refractivity contribution in [1.29, 1.82) is 0 Å². The minimum absolute atomic E-state index is 0.125. The van der Waals surface area contributed by atoms with Crippen LogP contribution in [0.1, 0.15) is 31.4 Å². The molecule has 1 fully saturated rings. The fourth-order valence-electron chi connectivity index (χ4n) is 2.59. The third kappa shape index (κ3) is 3.77. The maximum atomic E-state index is 12.6. The van der Waals surface area contributed by atoms with Gasteiger partial charge in [0.25, 0.3) is 0 Å². The van der Waals surface area contributed by atoms with Crippen LogP contribution in [0.2, 0.25) is 0 Å². The Labute approximate surface area is 105 Å². The van der Waals surface area contributed by atoms with Gasteiger partial charge in [-0.15, -0.1) is 0 Å². The molecule has 2 rings (SSSR count). The standard InChI is InChI=1S/C13H18F3NO/c14-13(15,16)11-4-1-3-10(7-11)8-17-9-12-5-2-6-18-12/h2,5-6,10-11,17H,1,3-4,7-9H2. The molecule has 0 radical (unpaired) electrons. The van der Waals surface area contributed by atoms with Crippen LogP contribution in [0.3, 0.4) is 0 Å². The summed E-state index contributed by atoms with van der Waals surface area (Å²) in [6, 6.07) is 3.66. The van der Waals surface area contributed by atoms with E-state index < -0.39 is 12.1 Å². The molecule has 1 aliphatic carbocycles.